The molecule has 1 heterocycles. The van der Waals surface area contributed by atoms with E-state index >= 15 is 0 Å². The Morgan fingerprint density at radius 2 is 2.33 bits per heavy atom. The zero-order valence-electron chi connectivity index (χ0n) is 8.66. The first kappa shape index (κ1) is 10.8. The number of benzene rings is 1. The second-order valence-electron chi connectivity index (χ2n) is 3.49. The van der Waals surface area contributed by atoms with Gasteiger partial charge in [-0.25, -0.2) is 0 Å². The summed E-state index contributed by atoms with van der Waals surface area (Å²) in [4.78, 5) is 6.09. The summed E-state index contributed by atoms with van der Waals surface area (Å²) >= 11 is 7.83. The molecule has 0 bridgehead atoms. The third-order valence-corrected chi connectivity index (χ3v) is 3.68. The van der Waals surface area contributed by atoms with Gasteiger partial charge in [0.25, 0.3) is 0 Å². The highest BCUT2D eigenvalue weighted by Gasteiger charge is 2.22. The molecule has 1 aliphatic heterocycles. The zero-order chi connectivity index (χ0) is 10.8. The minimum absolute atomic E-state index is 0.535. The van der Waals surface area contributed by atoms with Gasteiger partial charge >= 0.3 is 0 Å². The molecule has 80 valence electrons. The van der Waals surface area contributed by atoms with E-state index in [1.807, 2.05) is 30.0 Å². The molecule has 0 saturated carbocycles. The fraction of sp³-hybridized carbons (Fsp3) is 0.364. The van der Waals surface area contributed by atoms with Crippen molar-refractivity contribution in [1.82, 2.24) is 0 Å². The van der Waals surface area contributed by atoms with Crippen molar-refractivity contribution in [2.45, 2.75) is 23.5 Å². The van der Waals surface area contributed by atoms with Crippen molar-refractivity contribution in [2.75, 3.05) is 7.11 Å². The Morgan fingerprint density at radius 1 is 1.53 bits per heavy atom. The summed E-state index contributed by atoms with van der Waals surface area (Å²) in [6, 6.07) is 5.91. The molecule has 0 amide bonds. The topological polar surface area (TPSA) is 21.6 Å². The first-order chi connectivity index (χ1) is 7.20. The molecular formula is C11H12ClNOS. The Kier molecular flexibility index (Phi) is 3.22. The average Bonchev–Trinajstić information content (AvgIpc) is 2.19. The molecular weight excluding hydrogens is 230 g/mol. The molecule has 2 nitrogen and oxygen atoms in total. The number of nitrogens with zero attached hydrogens (tertiary/aromatic N) is 1. The van der Waals surface area contributed by atoms with Gasteiger partial charge in [0.1, 0.15) is 7.11 Å². The maximum atomic E-state index is 5.97. The van der Waals surface area contributed by atoms with Crippen molar-refractivity contribution in [3.8, 4) is 0 Å². The van der Waals surface area contributed by atoms with Gasteiger partial charge in [-0.15, -0.1) is 11.8 Å². The second-order valence-corrected chi connectivity index (χ2v) is 5.41. The van der Waals surface area contributed by atoms with E-state index in [0.717, 1.165) is 22.7 Å². The molecule has 1 unspecified atom stereocenters. The van der Waals surface area contributed by atoms with Gasteiger partial charge in [0.05, 0.1) is 5.71 Å². The maximum absolute atomic E-state index is 5.97. The van der Waals surface area contributed by atoms with E-state index < -0.39 is 0 Å². The van der Waals surface area contributed by atoms with Crippen LogP contribution in [-0.4, -0.2) is 18.1 Å². The lowest BCUT2D eigenvalue weighted by Gasteiger charge is -2.22. The van der Waals surface area contributed by atoms with Crippen LogP contribution in [0.25, 0.3) is 0 Å². The fourth-order valence-corrected chi connectivity index (χ4v) is 2.96. The van der Waals surface area contributed by atoms with Crippen LogP contribution in [0.1, 0.15) is 18.9 Å². The largest absolute Gasteiger partial charge is 0.399 e. The Labute approximate surface area is 98.6 Å². The van der Waals surface area contributed by atoms with E-state index in [2.05, 4.69) is 12.1 Å². The summed E-state index contributed by atoms with van der Waals surface area (Å²) in [5.74, 6) is 0. The Morgan fingerprint density at radius 3 is 3.07 bits per heavy atom. The molecule has 1 aromatic rings. The quantitative estimate of drug-likeness (QED) is 0.701. The van der Waals surface area contributed by atoms with Crippen LogP contribution in [0.15, 0.2) is 28.3 Å². The average molecular weight is 242 g/mol. The fourth-order valence-electron chi connectivity index (χ4n) is 1.67. The summed E-state index contributed by atoms with van der Waals surface area (Å²) in [6.45, 7) is 2.19. The summed E-state index contributed by atoms with van der Waals surface area (Å²) in [7, 11) is 1.57. The van der Waals surface area contributed by atoms with E-state index in [-0.39, 0.29) is 0 Å². The van der Waals surface area contributed by atoms with Crippen molar-refractivity contribution >= 4 is 29.1 Å². The Bertz CT molecular complexity index is 406. The predicted octanol–water partition coefficient (Wildman–Crippen LogP) is 3.57. The lowest BCUT2D eigenvalue weighted by atomic mass is 10.1. The number of hydrogen-bond donors (Lipinski definition) is 0. The lowest BCUT2D eigenvalue weighted by Crippen LogP contribution is -2.15. The maximum Gasteiger partial charge on any atom is 0.106 e. The first-order valence-electron chi connectivity index (χ1n) is 4.77. The van der Waals surface area contributed by atoms with E-state index in [4.69, 9.17) is 16.4 Å². The van der Waals surface area contributed by atoms with Gasteiger partial charge in [-0.2, -0.15) is 0 Å². The molecule has 0 aromatic heterocycles. The Hall–Kier alpha value is -0.670. The highest BCUT2D eigenvalue weighted by atomic mass is 35.5. The van der Waals surface area contributed by atoms with Gasteiger partial charge in [0, 0.05) is 27.2 Å². The van der Waals surface area contributed by atoms with Crippen molar-refractivity contribution in [3.63, 3.8) is 0 Å². The number of hydrogen-bond acceptors (Lipinski definition) is 3. The summed E-state index contributed by atoms with van der Waals surface area (Å²) in [5, 5.41) is 5.34. The third-order valence-electron chi connectivity index (χ3n) is 2.26. The minimum Gasteiger partial charge on any atom is -0.399 e. The molecule has 1 aliphatic rings. The summed E-state index contributed by atoms with van der Waals surface area (Å²) < 4.78 is 0. The number of thioether (sulfide) groups is 1. The summed E-state index contributed by atoms with van der Waals surface area (Å²) in [6.07, 6.45) is 0.922. The molecule has 0 spiro atoms. The van der Waals surface area contributed by atoms with Crippen LogP contribution in [0, 0.1) is 0 Å². The van der Waals surface area contributed by atoms with Crippen molar-refractivity contribution in [2.24, 2.45) is 5.16 Å². The standard InChI is InChI=1S/C11H12ClNOS/c1-7-5-10(13-14-2)9-6-8(12)3-4-11(9)15-7/h3-4,6-7H,5H2,1-2H3. The molecule has 4 heteroatoms. The van der Waals surface area contributed by atoms with Crippen molar-refractivity contribution in [1.29, 1.82) is 0 Å². The minimum atomic E-state index is 0.535. The van der Waals surface area contributed by atoms with Gasteiger partial charge in [-0.05, 0) is 18.2 Å². The highest BCUT2D eigenvalue weighted by Crippen LogP contribution is 2.36. The van der Waals surface area contributed by atoms with Crippen LogP contribution in [0.2, 0.25) is 5.02 Å². The van der Waals surface area contributed by atoms with E-state index in [1.165, 1.54) is 4.90 Å². The zero-order valence-corrected chi connectivity index (χ0v) is 10.2. The van der Waals surface area contributed by atoms with E-state index in [9.17, 15) is 0 Å². The van der Waals surface area contributed by atoms with Crippen LogP contribution in [-0.2, 0) is 4.84 Å². The Balaban J connectivity index is 2.48. The first-order valence-corrected chi connectivity index (χ1v) is 6.03. The van der Waals surface area contributed by atoms with Gasteiger partial charge in [-0.3, -0.25) is 0 Å². The third kappa shape index (κ3) is 2.29. The molecule has 0 fully saturated rings. The molecule has 0 radical (unpaired) electrons. The molecule has 1 aromatic carbocycles. The van der Waals surface area contributed by atoms with Crippen LogP contribution < -0.4 is 0 Å². The second kappa shape index (κ2) is 4.45. The molecule has 15 heavy (non-hydrogen) atoms. The van der Waals surface area contributed by atoms with Gasteiger partial charge in [-0.1, -0.05) is 23.7 Å². The molecule has 1 atom stereocenters. The number of rotatable bonds is 1. The predicted molar refractivity (Wildman–Crippen MR) is 64.9 cm³/mol. The van der Waals surface area contributed by atoms with Gasteiger partial charge in [0.15, 0.2) is 0 Å². The van der Waals surface area contributed by atoms with Crippen molar-refractivity contribution < 1.29 is 4.84 Å². The van der Waals surface area contributed by atoms with Crippen LogP contribution in [0.3, 0.4) is 0 Å². The SMILES string of the molecule is CON=C1CC(C)Sc2ccc(Cl)cc21. The summed E-state index contributed by atoms with van der Waals surface area (Å²) in [5.41, 5.74) is 2.09. The number of oxime groups is 1. The van der Waals surface area contributed by atoms with E-state index in [0.29, 0.717) is 5.25 Å². The van der Waals surface area contributed by atoms with Crippen LogP contribution >= 0.6 is 23.4 Å². The normalized spacial score (nSPS) is 22.6. The smallest absolute Gasteiger partial charge is 0.106 e. The molecule has 0 saturated heterocycles. The lowest BCUT2D eigenvalue weighted by molar-refractivity contribution is 0.212. The van der Waals surface area contributed by atoms with Gasteiger partial charge in [0.2, 0.25) is 0 Å². The number of halogens is 1. The van der Waals surface area contributed by atoms with E-state index in [1.54, 1.807) is 7.11 Å². The van der Waals surface area contributed by atoms with Crippen LogP contribution in [0.4, 0.5) is 0 Å². The van der Waals surface area contributed by atoms with Gasteiger partial charge < -0.3 is 4.84 Å². The molecule has 2 rings (SSSR count). The molecule has 0 N–H and O–H groups in total. The van der Waals surface area contributed by atoms with Crippen molar-refractivity contribution in [3.05, 3.63) is 28.8 Å². The van der Waals surface area contributed by atoms with Crippen LogP contribution in [0.5, 0.6) is 0 Å². The highest BCUT2D eigenvalue weighted by molar-refractivity contribution is 8.00. The molecule has 0 aliphatic carbocycles. The monoisotopic (exact) mass is 241 g/mol. The number of fused-ring (bicyclic) bond motifs is 1.